The summed E-state index contributed by atoms with van der Waals surface area (Å²) in [6, 6.07) is 16.7. The Morgan fingerprint density at radius 3 is 2.38 bits per heavy atom. The zero-order valence-corrected chi connectivity index (χ0v) is 25.2. The van der Waals surface area contributed by atoms with Crippen LogP contribution in [0.3, 0.4) is 0 Å². The first-order chi connectivity index (χ1) is 19.0. The standard InChI is InChI=1S/C30H32F3N3O4.2ClH/c1-19(2)39-28-26-24(14-15-34-28)35-20(3)27(25(26)22-12-8-9-13-23(22)30(31,32)33)40-29(37)38-17-16-36(4)18-21-10-6-5-7-11-21;;/h5-15,19,25,35H,16-18H2,1-4H3;2*1H. The molecule has 4 rings (SSSR count). The fraction of sp³-hybridized carbons (Fsp3) is 0.333. The van der Waals surface area contributed by atoms with Gasteiger partial charge in [-0.15, -0.1) is 24.8 Å². The van der Waals surface area contributed by atoms with Gasteiger partial charge in [0.05, 0.1) is 28.8 Å². The smallest absolute Gasteiger partial charge is 0.475 e. The van der Waals surface area contributed by atoms with Crippen LogP contribution in [0.15, 0.2) is 78.3 Å². The van der Waals surface area contributed by atoms with Crippen molar-refractivity contribution in [2.24, 2.45) is 0 Å². The molecule has 0 saturated carbocycles. The summed E-state index contributed by atoms with van der Waals surface area (Å²) in [6.07, 6.45) is -4.45. The Kier molecular flexibility index (Phi) is 12.5. The van der Waals surface area contributed by atoms with Crippen molar-refractivity contribution in [1.82, 2.24) is 9.88 Å². The minimum absolute atomic E-state index is 0. The molecule has 1 aliphatic rings. The highest BCUT2D eigenvalue weighted by molar-refractivity contribution is 5.85. The maximum atomic E-state index is 14.2. The van der Waals surface area contributed by atoms with Crippen LogP contribution in [0.1, 0.15) is 48.9 Å². The maximum absolute atomic E-state index is 14.2. The third-order valence-corrected chi connectivity index (χ3v) is 6.30. The summed E-state index contributed by atoms with van der Waals surface area (Å²) in [5.74, 6) is -1.01. The largest absolute Gasteiger partial charge is 0.513 e. The number of alkyl halides is 3. The van der Waals surface area contributed by atoms with Crippen LogP contribution in [0, 0.1) is 0 Å². The van der Waals surface area contributed by atoms with E-state index in [9.17, 15) is 18.0 Å². The second-order valence-corrected chi connectivity index (χ2v) is 9.80. The molecule has 2 heterocycles. The number of benzene rings is 2. The number of fused-ring (bicyclic) bond motifs is 1. The number of likely N-dealkylation sites (N-methyl/N-ethyl adjacent to an activating group) is 1. The van der Waals surface area contributed by atoms with Crippen LogP contribution in [0.4, 0.5) is 23.7 Å². The molecule has 0 bridgehead atoms. The predicted octanol–water partition coefficient (Wildman–Crippen LogP) is 7.81. The van der Waals surface area contributed by atoms with Crippen molar-refractivity contribution in [3.63, 3.8) is 0 Å². The lowest BCUT2D eigenvalue weighted by molar-refractivity contribution is -0.138. The summed E-state index contributed by atoms with van der Waals surface area (Å²) in [5, 5.41) is 3.13. The Morgan fingerprint density at radius 2 is 1.71 bits per heavy atom. The van der Waals surface area contributed by atoms with E-state index in [4.69, 9.17) is 14.2 Å². The molecule has 1 aromatic heterocycles. The van der Waals surface area contributed by atoms with Gasteiger partial charge in [0.1, 0.15) is 12.4 Å². The number of pyridine rings is 1. The van der Waals surface area contributed by atoms with Crippen molar-refractivity contribution in [3.8, 4) is 5.88 Å². The highest BCUT2D eigenvalue weighted by Crippen LogP contribution is 2.49. The monoisotopic (exact) mass is 627 g/mol. The Balaban J connectivity index is 0.00000308. The van der Waals surface area contributed by atoms with Crippen molar-refractivity contribution in [2.45, 2.75) is 45.5 Å². The molecule has 0 amide bonds. The molecule has 0 fully saturated rings. The van der Waals surface area contributed by atoms with Crippen LogP contribution >= 0.6 is 24.8 Å². The van der Waals surface area contributed by atoms with Gasteiger partial charge >= 0.3 is 12.3 Å². The summed E-state index contributed by atoms with van der Waals surface area (Å²) >= 11 is 0. The highest BCUT2D eigenvalue weighted by atomic mass is 35.5. The minimum Gasteiger partial charge on any atom is -0.475 e. The lowest BCUT2D eigenvalue weighted by Crippen LogP contribution is -2.27. The van der Waals surface area contributed by atoms with Gasteiger partial charge in [0, 0.05) is 25.0 Å². The highest BCUT2D eigenvalue weighted by Gasteiger charge is 2.41. The third-order valence-electron chi connectivity index (χ3n) is 6.30. The lowest BCUT2D eigenvalue weighted by Gasteiger charge is -2.32. The van der Waals surface area contributed by atoms with E-state index in [1.807, 2.05) is 42.3 Å². The van der Waals surface area contributed by atoms with Crippen molar-refractivity contribution in [3.05, 3.63) is 101 Å². The Labute approximate surface area is 255 Å². The lowest BCUT2D eigenvalue weighted by atomic mass is 9.83. The molecule has 3 aromatic rings. The number of aromatic nitrogens is 1. The molecule has 0 saturated heterocycles. The van der Waals surface area contributed by atoms with Gasteiger partial charge in [-0.1, -0.05) is 48.5 Å². The maximum Gasteiger partial charge on any atom is 0.513 e. The number of rotatable bonds is 9. The van der Waals surface area contributed by atoms with Gasteiger partial charge in [-0.3, -0.25) is 4.90 Å². The fourth-order valence-electron chi connectivity index (χ4n) is 4.59. The summed E-state index contributed by atoms with van der Waals surface area (Å²) in [4.78, 5) is 19.1. The topological polar surface area (TPSA) is 72.9 Å². The number of allylic oxidation sites excluding steroid dienone is 2. The van der Waals surface area contributed by atoms with E-state index in [2.05, 4.69) is 10.3 Å². The molecule has 42 heavy (non-hydrogen) atoms. The van der Waals surface area contributed by atoms with E-state index in [1.165, 1.54) is 24.4 Å². The predicted molar refractivity (Wildman–Crippen MR) is 159 cm³/mol. The SMILES string of the molecule is CC1=C(OC(=O)OCCN(C)Cc2ccccc2)C(c2ccccc2C(F)(F)F)c2c(ccnc2OC(C)C)N1.Cl.Cl. The number of anilines is 1. The molecule has 7 nitrogen and oxygen atoms in total. The molecule has 1 aliphatic heterocycles. The van der Waals surface area contributed by atoms with E-state index in [0.717, 1.165) is 11.6 Å². The average molecular weight is 629 g/mol. The number of ether oxygens (including phenoxy) is 3. The van der Waals surface area contributed by atoms with Crippen LogP contribution in [-0.2, 0) is 22.2 Å². The van der Waals surface area contributed by atoms with Gasteiger partial charge in [-0.05, 0) is 51.1 Å². The molecule has 2 aromatic carbocycles. The van der Waals surface area contributed by atoms with Crippen LogP contribution in [0.25, 0.3) is 0 Å². The first-order valence-corrected chi connectivity index (χ1v) is 12.9. The second kappa shape index (κ2) is 15.1. The number of carbonyl (C=O) groups is 1. The number of nitrogens with one attached hydrogen (secondary N) is 1. The van der Waals surface area contributed by atoms with E-state index >= 15 is 0 Å². The summed E-state index contributed by atoms with van der Waals surface area (Å²) in [5.41, 5.74) is 1.38. The van der Waals surface area contributed by atoms with Crippen LogP contribution in [-0.4, -0.2) is 42.3 Å². The molecule has 228 valence electrons. The van der Waals surface area contributed by atoms with Crippen LogP contribution < -0.4 is 10.1 Å². The van der Waals surface area contributed by atoms with Crippen molar-refractivity contribution in [1.29, 1.82) is 0 Å². The van der Waals surface area contributed by atoms with Gasteiger partial charge in [0.2, 0.25) is 5.88 Å². The third kappa shape index (κ3) is 8.53. The second-order valence-electron chi connectivity index (χ2n) is 9.80. The van der Waals surface area contributed by atoms with Gasteiger partial charge < -0.3 is 19.5 Å². The van der Waals surface area contributed by atoms with Crippen molar-refractivity contribution >= 4 is 36.7 Å². The summed E-state index contributed by atoms with van der Waals surface area (Å²) in [7, 11) is 1.89. The van der Waals surface area contributed by atoms with Gasteiger partial charge in [-0.2, -0.15) is 13.2 Å². The first-order valence-electron chi connectivity index (χ1n) is 12.9. The van der Waals surface area contributed by atoms with Crippen LogP contribution in [0.5, 0.6) is 5.88 Å². The number of carbonyl (C=O) groups excluding carboxylic acids is 1. The molecule has 0 spiro atoms. The quantitative estimate of drug-likeness (QED) is 0.243. The Bertz CT molecular complexity index is 1370. The average Bonchev–Trinajstić information content (AvgIpc) is 2.89. The van der Waals surface area contributed by atoms with Gasteiger partial charge in [0.25, 0.3) is 0 Å². The number of hydrogen-bond acceptors (Lipinski definition) is 7. The molecule has 0 aliphatic carbocycles. The molecular weight excluding hydrogens is 594 g/mol. The Hall–Kier alpha value is -3.47. The normalized spacial score (nSPS) is 14.4. The van der Waals surface area contributed by atoms with E-state index in [-0.39, 0.29) is 54.7 Å². The zero-order valence-electron chi connectivity index (χ0n) is 23.6. The molecule has 0 radical (unpaired) electrons. The zero-order chi connectivity index (χ0) is 28.9. The fourth-order valence-corrected chi connectivity index (χ4v) is 4.59. The minimum atomic E-state index is -4.65. The molecule has 12 heteroatoms. The van der Waals surface area contributed by atoms with Crippen molar-refractivity contribution < 1.29 is 32.2 Å². The van der Waals surface area contributed by atoms with Crippen LogP contribution in [0.2, 0.25) is 0 Å². The first kappa shape index (κ1) is 34.7. The Morgan fingerprint density at radius 1 is 1.05 bits per heavy atom. The molecule has 1 N–H and O–H groups in total. The van der Waals surface area contributed by atoms with E-state index < -0.39 is 23.8 Å². The van der Waals surface area contributed by atoms with Gasteiger partial charge in [-0.25, -0.2) is 9.78 Å². The van der Waals surface area contributed by atoms with Crippen molar-refractivity contribution in [2.75, 3.05) is 25.5 Å². The van der Waals surface area contributed by atoms with E-state index in [0.29, 0.717) is 30.0 Å². The summed E-state index contributed by atoms with van der Waals surface area (Å²) < 4.78 is 59.3. The van der Waals surface area contributed by atoms with E-state index in [1.54, 1.807) is 26.8 Å². The molecule has 1 atom stereocenters. The van der Waals surface area contributed by atoms with Gasteiger partial charge in [0.15, 0.2) is 0 Å². The molecular formula is C30H34Cl2F3N3O4. The number of hydrogen-bond donors (Lipinski definition) is 1. The number of halogens is 5. The molecule has 1 unspecified atom stereocenters. The number of nitrogens with zero attached hydrogens (tertiary/aromatic N) is 2. The summed E-state index contributed by atoms with van der Waals surface area (Å²) in [6.45, 7) is 6.34.